The Balaban J connectivity index is 1.21. The summed E-state index contributed by atoms with van der Waals surface area (Å²) in [6.45, 7) is 7.70. The predicted octanol–water partition coefficient (Wildman–Crippen LogP) is 6.37. The number of nitrogens with one attached hydrogen (secondary N) is 2. The number of carbonyl (C=O) groups is 1. The average Bonchev–Trinajstić information content (AvgIpc) is 3.62. The molecule has 47 heavy (non-hydrogen) atoms. The molecule has 2 saturated heterocycles. The number of nitrogens with zero attached hydrogens (tertiary/aromatic N) is 6. The molecule has 1 aliphatic carbocycles. The van der Waals surface area contributed by atoms with Gasteiger partial charge in [0.05, 0.1) is 29.9 Å². The Kier molecular flexibility index (Phi) is 7.37. The normalized spacial score (nSPS) is 19.1. The number of pyridine rings is 1. The van der Waals surface area contributed by atoms with Crippen LogP contribution in [0.4, 0.5) is 23.0 Å². The number of amides is 1. The van der Waals surface area contributed by atoms with Gasteiger partial charge in [0.1, 0.15) is 5.75 Å². The van der Waals surface area contributed by atoms with Gasteiger partial charge in [0.15, 0.2) is 0 Å². The van der Waals surface area contributed by atoms with E-state index in [2.05, 4.69) is 74.1 Å². The summed E-state index contributed by atoms with van der Waals surface area (Å²) in [4.78, 5) is 31.7. The van der Waals surface area contributed by atoms with Crippen molar-refractivity contribution in [3.63, 3.8) is 0 Å². The van der Waals surface area contributed by atoms with E-state index in [4.69, 9.17) is 14.7 Å². The fraction of sp³-hybridized carbons (Fsp3) is 0.297. The minimum absolute atomic E-state index is 0.270. The Bertz CT molecular complexity index is 1970. The van der Waals surface area contributed by atoms with Crippen molar-refractivity contribution in [1.29, 1.82) is 0 Å². The second-order valence-electron chi connectivity index (χ2n) is 12.9. The molecule has 3 aromatic heterocycles. The van der Waals surface area contributed by atoms with E-state index in [-0.39, 0.29) is 5.91 Å². The molecule has 2 atom stereocenters. The Morgan fingerprint density at radius 1 is 1.00 bits per heavy atom. The quantitative estimate of drug-likeness (QED) is 0.182. The van der Waals surface area contributed by atoms with Crippen molar-refractivity contribution in [2.24, 2.45) is 11.8 Å². The lowest BCUT2D eigenvalue weighted by atomic mass is 10.0. The molecule has 238 valence electrons. The van der Waals surface area contributed by atoms with Gasteiger partial charge in [-0.3, -0.25) is 9.78 Å². The van der Waals surface area contributed by atoms with E-state index in [1.807, 2.05) is 36.7 Å². The summed E-state index contributed by atoms with van der Waals surface area (Å²) >= 11 is 0. The lowest BCUT2D eigenvalue weighted by Gasteiger charge is -2.26. The molecule has 3 fully saturated rings. The van der Waals surface area contributed by atoms with E-state index in [1.165, 1.54) is 24.4 Å². The number of para-hydroxylation sites is 1. The Labute approximate surface area is 274 Å². The molecule has 2 N–H and O–H groups in total. The number of hydrogen-bond donors (Lipinski definition) is 2. The highest BCUT2D eigenvalue weighted by Gasteiger charge is 2.39. The molecule has 10 nitrogen and oxygen atoms in total. The van der Waals surface area contributed by atoms with Crippen LogP contribution in [0.25, 0.3) is 33.3 Å². The van der Waals surface area contributed by atoms with Crippen LogP contribution < -0.4 is 20.3 Å². The number of anilines is 4. The monoisotopic (exact) mass is 626 g/mol. The van der Waals surface area contributed by atoms with Gasteiger partial charge in [0.2, 0.25) is 11.9 Å². The zero-order chi connectivity index (χ0) is 32.1. The zero-order valence-electron chi connectivity index (χ0n) is 26.7. The first-order valence-corrected chi connectivity index (χ1v) is 16.2. The molecule has 2 aliphatic heterocycles. The van der Waals surface area contributed by atoms with E-state index in [1.54, 1.807) is 13.3 Å². The van der Waals surface area contributed by atoms with E-state index in [0.29, 0.717) is 41.0 Å². The van der Waals surface area contributed by atoms with Gasteiger partial charge in [0.25, 0.3) is 0 Å². The average molecular weight is 627 g/mol. The Hall–Kier alpha value is -5.22. The first kappa shape index (κ1) is 29.2. The molecule has 0 bridgehead atoms. The largest absolute Gasteiger partial charge is 0.494 e. The number of aromatic nitrogens is 4. The molecule has 1 amide bonds. The van der Waals surface area contributed by atoms with E-state index < -0.39 is 0 Å². The van der Waals surface area contributed by atoms with Crippen molar-refractivity contribution < 1.29 is 9.53 Å². The lowest BCUT2D eigenvalue weighted by molar-refractivity contribution is -0.111. The minimum atomic E-state index is -0.270. The number of rotatable bonds is 9. The predicted molar refractivity (Wildman–Crippen MR) is 186 cm³/mol. The summed E-state index contributed by atoms with van der Waals surface area (Å²) in [6.07, 6.45) is 11.4. The minimum Gasteiger partial charge on any atom is -0.494 e. The summed E-state index contributed by atoms with van der Waals surface area (Å²) in [5.74, 6) is 1.98. The first-order valence-electron chi connectivity index (χ1n) is 16.2. The van der Waals surface area contributed by atoms with Crippen molar-refractivity contribution in [2.75, 3.05) is 55.9 Å². The van der Waals surface area contributed by atoms with Crippen LogP contribution in [0.1, 0.15) is 18.9 Å². The van der Waals surface area contributed by atoms with Crippen LogP contribution in [-0.4, -0.2) is 70.7 Å². The number of benzene rings is 2. The van der Waals surface area contributed by atoms with Gasteiger partial charge in [-0.05, 0) is 56.0 Å². The zero-order valence-corrected chi connectivity index (χ0v) is 26.7. The number of methoxy groups -OCH3 is 1. The highest BCUT2D eigenvalue weighted by Crippen LogP contribution is 2.44. The number of likely N-dealkylation sites (tertiary alicyclic amines) is 1. The Morgan fingerprint density at radius 2 is 1.81 bits per heavy atom. The van der Waals surface area contributed by atoms with Crippen LogP contribution in [0.2, 0.25) is 0 Å². The van der Waals surface area contributed by atoms with Crippen LogP contribution in [0.15, 0.2) is 86.0 Å². The third kappa shape index (κ3) is 5.48. The molecule has 2 aromatic carbocycles. The van der Waals surface area contributed by atoms with Crippen molar-refractivity contribution in [3.05, 3.63) is 86.0 Å². The smallest absolute Gasteiger partial charge is 0.247 e. The van der Waals surface area contributed by atoms with Crippen LogP contribution in [0.5, 0.6) is 5.75 Å². The van der Waals surface area contributed by atoms with Crippen molar-refractivity contribution in [3.8, 4) is 28.1 Å². The standard InChI is InChI=1S/C37H38N8O2/c1-4-35(46)40-30-14-31(34(47-3)15-33(30)44-20-24-18-43(2)19-25(24)21-44)41-37-39-17-28(23-8-7-13-38-16-23)36(42-37)29-22-45(26-11-12-26)32-10-6-5-9-27(29)32/h4-10,13-17,22,24-26H,1,11-12,18-21H2,2-3H3,(H,40,46)(H,39,41,42). The summed E-state index contributed by atoms with van der Waals surface area (Å²) in [6, 6.07) is 16.9. The second kappa shape index (κ2) is 11.9. The van der Waals surface area contributed by atoms with Crippen molar-refractivity contribution in [2.45, 2.75) is 18.9 Å². The Morgan fingerprint density at radius 3 is 2.53 bits per heavy atom. The second-order valence-corrected chi connectivity index (χ2v) is 12.9. The van der Waals surface area contributed by atoms with Gasteiger partial charge in [-0.2, -0.15) is 0 Å². The third-order valence-electron chi connectivity index (χ3n) is 9.71. The lowest BCUT2D eigenvalue weighted by Crippen LogP contribution is -2.27. The molecular formula is C37H38N8O2. The molecule has 10 heteroatoms. The van der Waals surface area contributed by atoms with Gasteiger partial charge in [-0.15, -0.1) is 0 Å². The molecule has 0 spiro atoms. The molecule has 0 radical (unpaired) electrons. The SMILES string of the molecule is C=CC(=O)Nc1cc(Nc2ncc(-c3cccnc3)c(-c3cn(C4CC4)c4ccccc34)n2)c(OC)cc1N1CC2CN(C)CC2C1. The molecule has 1 saturated carbocycles. The van der Waals surface area contributed by atoms with Crippen LogP contribution in [0.3, 0.4) is 0 Å². The van der Waals surface area contributed by atoms with Crippen molar-refractivity contribution in [1.82, 2.24) is 24.4 Å². The van der Waals surface area contributed by atoms with Crippen LogP contribution in [0, 0.1) is 11.8 Å². The van der Waals surface area contributed by atoms with Crippen molar-refractivity contribution >= 4 is 39.8 Å². The van der Waals surface area contributed by atoms with Gasteiger partial charge in [-0.25, -0.2) is 9.97 Å². The van der Waals surface area contributed by atoms with Crippen LogP contribution >= 0.6 is 0 Å². The maximum atomic E-state index is 12.6. The fourth-order valence-electron chi connectivity index (χ4n) is 7.35. The summed E-state index contributed by atoms with van der Waals surface area (Å²) in [7, 11) is 3.84. The first-order chi connectivity index (χ1) is 23.0. The van der Waals surface area contributed by atoms with Crippen LogP contribution in [-0.2, 0) is 4.79 Å². The summed E-state index contributed by atoms with van der Waals surface area (Å²) in [5, 5.41) is 7.61. The fourth-order valence-corrected chi connectivity index (χ4v) is 7.35. The molecule has 5 aromatic rings. The number of carbonyl (C=O) groups excluding carboxylic acids is 1. The maximum Gasteiger partial charge on any atom is 0.247 e. The summed E-state index contributed by atoms with van der Waals surface area (Å²) < 4.78 is 8.30. The van der Waals surface area contributed by atoms with Gasteiger partial charge < -0.3 is 29.7 Å². The third-order valence-corrected chi connectivity index (χ3v) is 9.71. The van der Waals surface area contributed by atoms with Gasteiger partial charge >= 0.3 is 0 Å². The van der Waals surface area contributed by atoms with E-state index in [9.17, 15) is 4.79 Å². The molecular weight excluding hydrogens is 588 g/mol. The molecule has 5 heterocycles. The van der Waals surface area contributed by atoms with E-state index in [0.717, 1.165) is 59.6 Å². The topological polar surface area (TPSA) is 100 Å². The molecule has 2 unspecified atom stereocenters. The maximum absolute atomic E-state index is 12.6. The summed E-state index contributed by atoms with van der Waals surface area (Å²) in [5.41, 5.74) is 7.16. The highest BCUT2D eigenvalue weighted by atomic mass is 16.5. The number of hydrogen-bond acceptors (Lipinski definition) is 8. The molecule has 3 aliphatic rings. The number of ether oxygens (including phenoxy) is 1. The number of fused-ring (bicyclic) bond motifs is 2. The van der Waals surface area contributed by atoms with Gasteiger partial charge in [-0.1, -0.05) is 30.8 Å². The van der Waals surface area contributed by atoms with E-state index >= 15 is 0 Å². The van der Waals surface area contributed by atoms with Gasteiger partial charge in [0, 0.05) is 90.7 Å². The molecule has 8 rings (SSSR count). The highest BCUT2D eigenvalue weighted by molar-refractivity contribution is 6.02.